The number of thiophene rings is 1. The highest BCUT2D eigenvalue weighted by Crippen LogP contribution is 2.29. The zero-order valence-electron chi connectivity index (χ0n) is 16.3. The fourth-order valence-electron chi connectivity index (χ4n) is 2.93. The SMILES string of the molecule is Cc1nn(Cc2ccc(Cl)cc2)c2sc(C(=O)N(C)CC(=O)NC(C)C)cc12. The molecule has 0 aliphatic heterocycles. The number of carbonyl (C=O) groups is 2. The molecule has 3 rings (SSSR count). The molecule has 3 aromatic rings. The second-order valence-corrected chi connectivity index (χ2v) is 8.55. The van der Waals surface area contributed by atoms with Crippen LogP contribution in [0.3, 0.4) is 0 Å². The van der Waals surface area contributed by atoms with Gasteiger partial charge < -0.3 is 10.2 Å². The molecule has 0 unspecified atom stereocenters. The molecule has 1 N–H and O–H groups in total. The van der Waals surface area contributed by atoms with Gasteiger partial charge in [0.2, 0.25) is 5.91 Å². The standard InChI is InChI=1S/C20H23ClN4O2S/c1-12(2)22-18(26)11-24(4)19(27)17-9-16-13(3)23-25(20(16)28-17)10-14-5-7-15(21)8-6-14/h5-9,12H,10-11H2,1-4H3,(H,22,26). The second kappa shape index (κ2) is 8.32. The van der Waals surface area contributed by atoms with Crippen molar-refractivity contribution >= 4 is 45.0 Å². The van der Waals surface area contributed by atoms with E-state index < -0.39 is 0 Å². The zero-order valence-corrected chi connectivity index (χ0v) is 17.9. The number of halogens is 1. The molecule has 0 bridgehead atoms. The Labute approximate surface area is 173 Å². The highest BCUT2D eigenvalue weighted by atomic mass is 35.5. The Morgan fingerprint density at radius 1 is 1.29 bits per heavy atom. The van der Waals surface area contributed by atoms with Crippen molar-refractivity contribution in [1.82, 2.24) is 20.0 Å². The van der Waals surface area contributed by atoms with Crippen LogP contribution in [0.1, 0.15) is 34.8 Å². The van der Waals surface area contributed by atoms with Crippen LogP contribution in [0.4, 0.5) is 0 Å². The topological polar surface area (TPSA) is 67.2 Å². The van der Waals surface area contributed by atoms with Gasteiger partial charge in [-0.1, -0.05) is 23.7 Å². The molecule has 8 heteroatoms. The van der Waals surface area contributed by atoms with Crippen LogP contribution in [-0.4, -0.2) is 46.1 Å². The third-order valence-electron chi connectivity index (χ3n) is 4.24. The van der Waals surface area contributed by atoms with Crippen LogP contribution < -0.4 is 5.32 Å². The summed E-state index contributed by atoms with van der Waals surface area (Å²) in [7, 11) is 1.64. The van der Waals surface area contributed by atoms with Gasteiger partial charge in [0.05, 0.1) is 23.7 Å². The van der Waals surface area contributed by atoms with Crippen molar-refractivity contribution in [2.45, 2.75) is 33.4 Å². The van der Waals surface area contributed by atoms with Gasteiger partial charge in [0.1, 0.15) is 4.83 Å². The molecule has 0 saturated carbocycles. The quantitative estimate of drug-likeness (QED) is 0.663. The van der Waals surface area contributed by atoms with Gasteiger partial charge in [-0.2, -0.15) is 5.10 Å². The summed E-state index contributed by atoms with van der Waals surface area (Å²) >= 11 is 7.35. The number of hydrogen-bond acceptors (Lipinski definition) is 4. The summed E-state index contributed by atoms with van der Waals surface area (Å²) in [6.45, 7) is 6.34. The number of fused-ring (bicyclic) bond motifs is 1. The molecular weight excluding hydrogens is 396 g/mol. The van der Waals surface area contributed by atoms with Crippen molar-refractivity contribution in [3.8, 4) is 0 Å². The summed E-state index contributed by atoms with van der Waals surface area (Å²) in [6, 6.07) is 9.54. The molecule has 0 aliphatic carbocycles. The fourth-order valence-corrected chi connectivity index (χ4v) is 4.21. The summed E-state index contributed by atoms with van der Waals surface area (Å²) in [5, 5.41) is 9.05. The van der Waals surface area contributed by atoms with Crippen LogP contribution in [0.15, 0.2) is 30.3 Å². The maximum Gasteiger partial charge on any atom is 0.264 e. The van der Waals surface area contributed by atoms with Crippen molar-refractivity contribution in [3.63, 3.8) is 0 Å². The van der Waals surface area contributed by atoms with Gasteiger partial charge in [0.15, 0.2) is 0 Å². The van der Waals surface area contributed by atoms with Crippen molar-refractivity contribution in [1.29, 1.82) is 0 Å². The molecule has 2 amide bonds. The van der Waals surface area contributed by atoms with Crippen molar-refractivity contribution in [2.75, 3.05) is 13.6 Å². The van der Waals surface area contributed by atoms with E-state index in [2.05, 4.69) is 10.4 Å². The van der Waals surface area contributed by atoms with Crippen LogP contribution in [0.2, 0.25) is 5.02 Å². The van der Waals surface area contributed by atoms with Gasteiger partial charge >= 0.3 is 0 Å². The molecule has 0 radical (unpaired) electrons. The number of carbonyl (C=O) groups excluding carboxylic acids is 2. The minimum Gasteiger partial charge on any atom is -0.352 e. The van der Waals surface area contributed by atoms with E-state index in [-0.39, 0.29) is 24.4 Å². The summed E-state index contributed by atoms with van der Waals surface area (Å²) in [5.41, 5.74) is 1.96. The first-order chi connectivity index (χ1) is 13.2. The summed E-state index contributed by atoms with van der Waals surface area (Å²) in [5.74, 6) is -0.338. The number of hydrogen-bond donors (Lipinski definition) is 1. The van der Waals surface area contributed by atoms with Gasteiger partial charge in [-0.15, -0.1) is 11.3 Å². The first-order valence-electron chi connectivity index (χ1n) is 9.01. The molecule has 0 fully saturated rings. The van der Waals surface area contributed by atoms with E-state index in [1.807, 2.05) is 55.8 Å². The average Bonchev–Trinajstić information content (AvgIpc) is 3.17. The van der Waals surface area contributed by atoms with Gasteiger partial charge in [-0.25, -0.2) is 0 Å². The van der Waals surface area contributed by atoms with Crippen LogP contribution in [0.25, 0.3) is 10.2 Å². The third kappa shape index (κ3) is 4.54. The maximum absolute atomic E-state index is 12.8. The number of benzene rings is 1. The summed E-state index contributed by atoms with van der Waals surface area (Å²) in [6.07, 6.45) is 0. The Morgan fingerprint density at radius 2 is 1.96 bits per heavy atom. The number of nitrogens with one attached hydrogen (secondary N) is 1. The largest absolute Gasteiger partial charge is 0.352 e. The second-order valence-electron chi connectivity index (χ2n) is 7.08. The minimum atomic E-state index is -0.169. The Kier molecular flexibility index (Phi) is 6.05. The van der Waals surface area contributed by atoms with Crippen LogP contribution >= 0.6 is 22.9 Å². The summed E-state index contributed by atoms with van der Waals surface area (Å²) < 4.78 is 1.90. The van der Waals surface area contributed by atoms with E-state index in [4.69, 9.17) is 11.6 Å². The van der Waals surface area contributed by atoms with Crippen molar-refractivity contribution in [2.24, 2.45) is 0 Å². The normalized spacial score (nSPS) is 11.2. The van der Waals surface area contributed by atoms with Crippen LogP contribution in [-0.2, 0) is 11.3 Å². The number of nitrogens with zero attached hydrogens (tertiary/aromatic N) is 3. The number of amides is 2. The Balaban J connectivity index is 1.81. The molecule has 1 aromatic carbocycles. The third-order valence-corrected chi connectivity index (χ3v) is 5.63. The van der Waals surface area contributed by atoms with Gasteiger partial charge in [0.25, 0.3) is 5.91 Å². The lowest BCUT2D eigenvalue weighted by Crippen LogP contribution is -2.40. The van der Waals surface area contributed by atoms with Crippen molar-refractivity contribution in [3.05, 3.63) is 51.5 Å². The monoisotopic (exact) mass is 418 g/mol. The first-order valence-corrected chi connectivity index (χ1v) is 10.2. The highest BCUT2D eigenvalue weighted by molar-refractivity contribution is 7.20. The number of rotatable bonds is 6. The van der Waals surface area contributed by atoms with Crippen LogP contribution in [0.5, 0.6) is 0 Å². The van der Waals surface area contributed by atoms with Gasteiger partial charge in [0, 0.05) is 23.5 Å². The van der Waals surface area contributed by atoms with Crippen molar-refractivity contribution < 1.29 is 9.59 Å². The van der Waals surface area contributed by atoms with E-state index in [0.717, 1.165) is 21.5 Å². The van der Waals surface area contributed by atoms with Gasteiger partial charge in [-0.05, 0) is 44.5 Å². The minimum absolute atomic E-state index is 0.0289. The molecule has 0 aliphatic rings. The molecule has 0 atom stereocenters. The lowest BCUT2D eigenvalue weighted by Gasteiger charge is -2.17. The highest BCUT2D eigenvalue weighted by Gasteiger charge is 2.20. The van der Waals surface area contributed by atoms with E-state index in [1.54, 1.807) is 7.05 Å². The summed E-state index contributed by atoms with van der Waals surface area (Å²) in [4.78, 5) is 27.7. The maximum atomic E-state index is 12.8. The molecule has 6 nitrogen and oxygen atoms in total. The average molecular weight is 419 g/mol. The van der Waals surface area contributed by atoms with E-state index in [9.17, 15) is 9.59 Å². The predicted molar refractivity (Wildman–Crippen MR) is 113 cm³/mol. The fraction of sp³-hybridized carbons (Fsp3) is 0.350. The Bertz CT molecular complexity index is 1010. The lowest BCUT2D eigenvalue weighted by atomic mass is 10.2. The van der Waals surface area contributed by atoms with Gasteiger partial charge in [-0.3, -0.25) is 14.3 Å². The molecular formula is C20H23ClN4O2S. The predicted octanol–water partition coefficient (Wildman–Crippen LogP) is 3.70. The molecule has 148 valence electrons. The van der Waals surface area contributed by atoms with E-state index in [0.29, 0.717) is 16.4 Å². The molecule has 2 heterocycles. The smallest absolute Gasteiger partial charge is 0.264 e. The molecule has 0 spiro atoms. The number of aromatic nitrogens is 2. The molecule has 28 heavy (non-hydrogen) atoms. The Hall–Kier alpha value is -2.38. The number of aryl methyl sites for hydroxylation is 1. The molecule has 0 saturated heterocycles. The van der Waals surface area contributed by atoms with E-state index >= 15 is 0 Å². The first kappa shape index (κ1) is 20.4. The lowest BCUT2D eigenvalue weighted by molar-refractivity contribution is -0.122. The van der Waals surface area contributed by atoms with Crippen LogP contribution in [0, 0.1) is 6.92 Å². The zero-order chi connectivity index (χ0) is 20.4. The number of likely N-dealkylation sites (N-methyl/N-ethyl adjacent to an activating group) is 1. The van der Waals surface area contributed by atoms with E-state index in [1.165, 1.54) is 16.2 Å². The molecule has 2 aromatic heterocycles. The Morgan fingerprint density at radius 3 is 2.61 bits per heavy atom.